The second-order valence-corrected chi connectivity index (χ2v) is 3.18. The van der Waals surface area contributed by atoms with E-state index in [9.17, 15) is 0 Å². The van der Waals surface area contributed by atoms with Gasteiger partial charge >= 0.3 is 0 Å². The zero-order chi connectivity index (χ0) is 14.3. The number of rotatable bonds is 6. The van der Waals surface area contributed by atoms with E-state index in [0.29, 0.717) is 0 Å². The fourth-order valence-electron chi connectivity index (χ4n) is 0.827. The minimum Gasteiger partial charge on any atom is -0.100 e. The normalized spacial score (nSPS) is 8.29. The van der Waals surface area contributed by atoms with Crippen molar-refractivity contribution in [1.82, 2.24) is 0 Å². The maximum Gasteiger partial charge on any atom is -0.0242 e. The van der Waals surface area contributed by atoms with Gasteiger partial charge in [-0.05, 0) is 30.9 Å². The van der Waals surface area contributed by atoms with Gasteiger partial charge in [0.1, 0.15) is 0 Å². The summed E-state index contributed by atoms with van der Waals surface area (Å²) in [4.78, 5) is 0. The van der Waals surface area contributed by atoms with E-state index < -0.39 is 0 Å². The molecule has 0 aliphatic carbocycles. The van der Waals surface area contributed by atoms with Crippen molar-refractivity contribution in [2.75, 3.05) is 0 Å². The summed E-state index contributed by atoms with van der Waals surface area (Å²) >= 11 is 0. The number of hydrogen-bond acceptors (Lipinski definition) is 0. The molecule has 0 radical (unpaired) electrons. The van der Waals surface area contributed by atoms with Crippen LogP contribution in [0.4, 0.5) is 0 Å². The maximum atomic E-state index is 3.95. The van der Waals surface area contributed by atoms with Gasteiger partial charge in [-0.15, -0.1) is 6.58 Å². The number of allylic oxidation sites excluding steroid dienone is 6. The third-order valence-electron chi connectivity index (χ3n) is 1.74. The molecule has 0 saturated heterocycles. The van der Waals surface area contributed by atoms with E-state index in [1.54, 1.807) is 6.08 Å². The molecule has 0 amide bonds. The first-order valence-electron chi connectivity index (χ1n) is 6.38. The zero-order valence-corrected chi connectivity index (χ0v) is 12.5. The number of hydrogen-bond donors (Lipinski definition) is 0. The van der Waals surface area contributed by atoms with Gasteiger partial charge in [-0.1, -0.05) is 71.2 Å². The van der Waals surface area contributed by atoms with Crippen LogP contribution >= 0.6 is 0 Å². The molecular formula is C17H30. The van der Waals surface area contributed by atoms with Crippen LogP contribution in [0.2, 0.25) is 0 Å². The Hall–Kier alpha value is -1.30. The van der Waals surface area contributed by atoms with Crippen LogP contribution in [0.15, 0.2) is 61.3 Å². The van der Waals surface area contributed by atoms with E-state index in [2.05, 4.69) is 26.3 Å². The lowest BCUT2D eigenvalue weighted by Gasteiger charge is -2.04. The summed E-state index contributed by atoms with van der Waals surface area (Å²) in [6.07, 6.45) is 7.45. The lowest BCUT2D eigenvalue weighted by atomic mass is 10.0. The molecule has 17 heavy (non-hydrogen) atoms. The van der Waals surface area contributed by atoms with Crippen LogP contribution in [0, 0.1) is 0 Å². The lowest BCUT2D eigenvalue weighted by molar-refractivity contribution is 0.946. The Balaban J connectivity index is -0.000000439. The summed E-state index contributed by atoms with van der Waals surface area (Å²) in [6.45, 7) is 25.3. The molecule has 0 aliphatic heterocycles. The van der Waals surface area contributed by atoms with Gasteiger partial charge in [0.05, 0.1) is 0 Å². The fraction of sp³-hybridized carbons (Fsp3) is 0.412. The Morgan fingerprint density at radius 3 is 1.76 bits per heavy atom. The van der Waals surface area contributed by atoms with E-state index in [4.69, 9.17) is 0 Å². The lowest BCUT2D eigenvalue weighted by Crippen LogP contribution is -1.84. The largest absolute Gasteiger partial charge is 0.100 e. The first kappa shape index (κ1) is 21.0. The quantitative estimate of drug-likeness (QED) is 0.376. The molecular weight excluding hydrogens is 204 g/mol. The maximum absolute atomic E-state index is 3.95. The van der Waals surface area contributed by atoms with Crippen molar-refractivity contribution in [3.05, 3.63) is 61.3 Å². The molecule has 0 rings (SSSR count). The van der Waals surface area contributed by atoms with Crippen molar-refractivity contribution in [3.8, 4) is 0 Å². The topological polar surface area (TPSA) is 0 Å². The second-order valence-electron chi connectivity index (χ2n) is 3.18. The highest BCUT2D eigenvalue weighted by Crippen LogP contribution is 2.15. The zero-order valence-electron chi connectivity index (χ0n) is 12.5. The molecule has 0 heterocycles. The van der Waals surface area contributed by atoms with E-state index >= 15 is 0 Å². The van der Waals surface area contributed by atoms with Gasteiger partial charge in [0.15, 0.2) is 0 Å². The van der Waals surface area contributed by atoms with Crippen LogP contribution in [-0.2, 0) is 0 Å². The molecule has 0 nitrogen and oxygen atoms in total. The van der Waals surface area contributed by atoms with Gasteiger partial charge in [0, 0.05) is 0 Å². The Bertz CT molecular complexity index is 251. The minimum absolute atomic E-state index is 0.940. The highest BCUT2D eigenvalue weighted by molar-refractivity contribution is 5.36. The van der Waals surface area contributed by atoms with Crippen molar-refractivity contribution >= 4 is 0 Å². The summed E-state index contributed by atoms with van der Waals surface area (Å²) in [5.74, 6) is 0. The summed E-state index contributed by atoms with van der Waals surface area (Å²) in [7, 11) is 0. The third-order valence-corrected chi connectivity index (χ3v) is 1.74. The molecule has 0 bridgehead atoms. The molecule has 0 spiro atoms. The van der Waals surface area contributed by atoms with E-state index in [1.165, 1.54) is 5.57 Å². The Morgan fingerprint density at radius 2 is 1.41 bits per heavy atom. The van der Waals surface area contributed by atoms with Crippen molar-refractivity contribution in [2.45, 2.75) is 47.5 Å². The standard InChI is InChI=1S/C13H18.2C2H6/c1-6-7-8-12(4)13(5)10-9-11(2)3;2*1-2/h6-8H,1-2,4-5,9-10H2,3H3;2*1-2H3/b8-7-;;. The molecule has 0 aromatic carbocycles. The predicted molar refractivity (Wildman–Crippen MR) is 84.4 cm³/mol. The summed E-state index contributed by atoms with van der Waals surface area (Å²) in [5.41, 5.74) is 3.23. The molecule has 98 valence electrons. The van der Waals surface area contributed by atoms with E-state index in [-0.39, 0.29) is 0 Å². The molecule has 0 aromatic heterocycles. The molecule has 0 atom stereocenters. The van der Waals surface area contributed by atoms with Crippen LogP contribution in [0.25, 0.3) is 0 Å². The van der Waals surface area contributed by atoms with Crippen LogP contribution in [0.3, 0.4) is 0 Å². The monoisotopic (exact) mass is 234 g/mol. The predicted octanol–water partition coefficient (Wildman–Crippen LogP) is 6.25. The van der Waals surface area contributed by atoms with Gasteiger partial charge in [-0.25, -0.2) is 0 Å². The van der Waals surface area contributed by atoms with Crippen molar-refractivity contribution in [3.63, 3.8) is 0 Å². The van der Waals surface area contributed by atoms with Gasteiger partial charge < -0.3 is 0 Å². The van der Waals surface area contributed by atoms with Crippen molar-refractivity contribution in [1.29, 1.82) is 0 Å². The fourth-order valence-corrected chi connectivity index (χ4v) is 0.827. The molecule has 0 saturated carbocycles. The van der Waals surface area contributed by atoms with Crippen LogP contribution in [0.1, 0.15) is 47.5 Å². The molecule has 0 N–H and O–H groups in total. The smallest absolute Gasteiger partial charge is 0.0242 e. The van der Waals surface area contributed by atoms with Crippen molar-refractivity contribution in [2.24, 2.45) is 0 Å². The highest BCUT2D eigenvalue weighted by atomic mass is 14.0. The second kappa shape index (κ2) is 17.1. The Morgan fingerprint density at radius 1 is 0.941 bits per heavy atom. The molecule has 0 heteroatoms. The van der Waals surface area contributed by atoms with Gasteiger partial charge in [-0.3, -0.25) is 0 Å². The van der Waals surface area contributed by atoms with E-state index in [0.717, 1.165) is 24.0 Å². The first-order chi connectivity index (χ1) is 8.07. The Labute approximate surface area is 109 Å². The SMILES string of the molecule is C=C/C=C\C(=C)C(=C)CCC(=C)C.CC.CC. The van der Waals surface area contributed by atoms with Crippen molar-refractivity contribution < 1.29 is 0 Å². The average molecular weight is 234 g/mol. The highest BCUT2D eigenvalue weighted by Gasteiger charge is 1.96. The van der Waals surface area contributed by atoms with Gasteiger partial charge in [0.25, 0.3) is 0 Å². The molecule has 0 fully saturated rings. The Kier molecular flexibility index (Phi) is 21.2. The summed E-state index contributed by atoms with van der Waals surface area (Å²) < 4.78 is 0. The third kappa shape index (κ3) is 17.3. The first-order valence-corrected chi connectivity index (χ1v) is 6.38. The average Bonchev–Trinajstić information content (AvgIpc) is 2.37. The van der Waals surface area contributed by atoms with Crippen LogP contribution in [0.5, 0.6) is 0 Å². The van der Waals surface area contributed by atoms with Gasteiger partial charge in [-0.2, -0.15) is 0 Å². The van der Waals surface area contributed by atoms with Crippen LogP contribution in [-0.4, -0.2) is 0 Å². The molecule has 0 aromatic rings. The minimum atomic E-state index is 0.940. The van der Waals surface area contributed by atoms with Gasteiger partial charge in [0.2, 0.25) is 0 Å². The summed E-state index contributed by atoms with van der Waals surface area (Å²) in [5, 5.41) is 0. The van der Waals surface area contributed by atoms with Crippen LogP contribution < -0.4 is 0 Å². The molecule has 0 unspecified atom stereocenters. The van der Waals surface area contributed by atoms with E-state index in [1.807, 2.05) is 46.8 Å². The summed E-state index contributed by atoms with van der Waals surface area (Å²) in [6, 6.07) is 0. The molecule has 0 aliphatic rings.